The van der Waals surface area contributed by atoms with Gasteiger partial charge in [-0.25, -0.2) is 23.1 Å². The summed E-state index contributed by atoms with van der Waals surface area (Å²) in [7, 11) is -3.68. The van der Waals surface area contributed by atoms with E-state index >= 15 is 0 Å². The summed E-state index contributed by atoms with van der Waals surface area (Å²) in [5.41, 5.74) is 0. The second-order valence-corrected chi connectivity index (χ2v) is 5.21. The quantitative estimate of drug-likeness (QED) is 0.741. The Morgan fingerprint density at radius 1 is 1.50 bits per heavy atom. The third-order valence-electron chi connectivity index (χ3n) is 1.89. The molecule has 0 saturated carbocycles. The standard InChI is InChI=1S/C8H12ClN3O3S/c1-2-6(13)3-12-16(14,15)7-4-10-8(9)11-5-7/h4-6,12-13H,2-3H2,1H3. The van der Waals surface area contributed by atoms with Gasteiger partial charge in [-0.1, -0.05) is 6.92 Å². The molecule has 1 aromatic rings. The van der Waals surface area contributed by atoms with Crippen LogP contribution in [0.2, 0.25) is 5.28 Å². The Morgan fingerprint density at radius 3 is 2.56 bits per heavy atom. The third-order valence-corrected chi connectivity index (χ3v) is 3.46. The average Bonchev–Trinajstić information content (AvgIpc) is 2.26. The molecule has 8 heteroatoms. The second-order valence-electron chi connectivity index (χ2n) is 3.10. The van der Waals surface area contributed by atoms with Crippen LogP contribution in [0.1, 0.15) is 13.3 Å². The van der Waals surface area contributed by atoms with Crippen LogP contribution in [0.4, 0.5) is 0 Å². The fraction of sp³-hybridized carbons (Fsp3) is 0.500. The van der Waals surface area contributed by atoms with Crippen molar-refractivity contribution in [2.75, 3.05) is 6.54 Å². The Kier molecular flexibility index (Phi) is 4.60. The van der Waals surface area contributed by atoms with Gasteiger partial charge in [0.2, 0.25) is 15.3 Å². The molecule has 16 heavy (non-hydrogen) atoms. The van der Waals surface area contributed by atoms with Crippen molar-refractivity contribution in [2.24, 2.45) is 0 Å². The highest BCUT2D eigenvalue weighted by atomic mass is 35.5. The largest absolute Gasteiger partial charge is 0.392 e. The molecule has 0 aromatic carbocycles. The van der Waals surface area contributed by atoms with E-state index in [9.17, 15) is 13.5 Å². The molecule has 0 radical (unpaired) electrons. The lowest BCUT2D eigenvalue weighted by Crippen LogP contribution is -2.31. The molecule has 90 valence electrons. The van der Waals surface area contributed by atoms with Gasteiger partial charge in [-0.05, 0) is 18.0 Å². The molecule has 1 aromatic heterocycles. The molecule has 0 bridgehead atoms. The highest BCUT2D eigenvalue weighted by Crippen LogP contribution is 2.07. The lowest BCUT2D eigenvalue weighted by atomic mass is 10.3. The summed E-state index contributed by atoms with van der Waals surface area (Å²) in [6, 6.07) is 0. The number of hydrogen-bond donors (Lipinski definition) is 2. The van der Waals surface area contributed by atoms with Gasteiger partial charge in [0.05, 0.1) is 18.5 Å². The topological polar surface area (TPSA) is 92.2 Å². The number of hydrogen-bond acceptors (Lipinski definition) is 5. The Hall–Kier alpha value is -0.760. The van der Waals surface area contributed by atoms with E-state index in [0.29, 0.717) is 6.42 Å². The van der Waals surface area contributed by atoms with Gasteiger partial charge in [-0.2, -0.15) is 0 Å². The molecule has 6 nitrogen and oxygen atoms in total. The number of aliphatic hydroxyl groups is 1. The summed E-state index contributed by atoms with van der Waals surface area (Å²) < 4.78 is 25.5. The van der Waals surface area contributed by atoms with E-state index in [2.05, 4.69) is 14.7 Å². The highest BCUT2D eigenvalue weighted by Gasteiger charge is 2.16. The van der Waals surface area contributed by atoms with E-state index in [1.165, 1.54) is 0 Å². The summed E-state index contributed by atoms with van der Waals surface area (Å²) in [4.78, 5) is 7.05. The summed E-state index contributed by atoms with van der Waals surface area (Å²) in [5, 5.41) is 9.21. The van der Waals surface area contributed by atoms with Crippen LogP contribution >= 0.6 is 11.6 Å². The fourth-order valence-electron chi connectivity index (χ4n) is 0.873. The van der Waals surface area contributed by atoms with Crippen molar-refractivity contribution in [3.05, 3.63) is 17.7 Å². The first-order valence-corrected chi connectivity index (χ1v) is 6.47. The lowest BCUT2D eigenvalue weighted by Gasteiger charge is -2.09. The van der Waals surface area contributed by atoms with Crippen molar-refractivity contribution in [3.8, 4) is 0 Å². The third kappa shape index (κ3) is 3.67. The first-order valence-electron chi connectivity index (χ1n) is 4.61. The number of nitrogens with one attached hydrogen (secondary N) is 1. The minimum absolute atomic E-state index is 0.0208. The fourth-order valence-corrected chi connectivity index (χ4v) is 1.93. The molecule has 0 aliphatic rings. The Labute approximate surface area is 98.7 Å². The van der Waals surface area contributed by atoms with E-state index in [4.69, 9.17) is 11.6 Å². The highest BCUT2D eigenvalue weighted by molar-refractivity contribution is 7.89. The van der Waals surface area contributed by atoms with Gasteiger partial charge in [0.25, 0.3) is 0 Å². The van der Waals surface area contributed by atoms with Crippen LogP contribution in [0.5, 0.6) is 0 Å². The van der Waals surface area contributed by atoms with Crippen molar-refractivity contribution in [2.45, 2.75) is 24.3 Å². The zero-order valence-corrected chi connectivity index (χ0v) is 10.2. The van der Waals surface area contributed by atoms with Crippen molar-refractivity contribution < 1.29 is 13.5 Å². The smallest absolute Gasteiger partial charge is 0.243 e. The van der Waals surface area contributed by atoms with Crippen LogP contribution in [-0.4, -0.2) is 36.1 Å². The predicted octanol–water partition coefficient (Wildman–Crippen LogP) is 0.179. The van der Waals surface area contributed by atoms with Crippen LogP contribution in [0.25, 0.3) is 0 Å². The maximum Gasteiger partial charge on any atom is 0.243 e. The van der Waals surface area contributed by atoms with E-state index < -0.39 is 16.1 Å². The summed E-state index contributed by atoms with van der Waals surface area (Å²) >= 11 is 5.43. The molecule has 0 aliphatic heterocycles. The number of rotatable bonds is 5. The minimum atomic E-state index is -3.68. The van der Waals surface area contributed by atoms with Crippen LogP contribution < -0.4 is 4.72 Å². The SMILES string of the molecule is CCC(O)CNS(=O)(=O)c1cnc(Cl)nc1. The van der Waals surface area contributed by atoms with Crippen LogP contribution in [0.3, 0.4) is 0 Å². The van der Waals surface area contributed by atoms with Crippen molar-refractivity contribution in [1.82, 2.24) is 14.7 Å². The molecule has 1 atom stereocenters. The molecule has 0 saturated heterocycles. The number of halogens is 1. The maximum absolute atomic E-state index is 11.6. The number of aliphatic hydroxyl groups excluding tert-OH is 1. The van der Waals surface area contributed by atoms with Gasteiger partial charge in [0.15, 0.2) is 0 Å². The maximum atomic E-state index is 11.6. The zero-order chi connectivity index (χ0) is 12.2. The van der Waals surface area contributed by atoms with Gasteiger partial charge in [-0.3, -0.25) is 0 Å². The van der Waals surface area contributed by atoms with E-state index in [0.717, 1.165) is 12.4 Å². The Bertz CT molecular complexity index is 434. The van der Waals surface area contributed by atoms with Crippen molar-refractivity contribution in [3.63, 3.8) is 0 Å². The van der Waals surface area contributed by atoms with E-state index in [1.807, 2.05) is 0 Å². The first kappa shape index (κ1) is 13.3. The zero-order valence-electron chi connectivity index (χ0n) is 8.59. The molecule has 0 aliphatic carbocycles. The number of aromatic nitrogens is 2. The Morgan fingerprint density at radius 2 is 2.06 bits per heavy atom. The average molecular weight is 266 g/mol. The lowest BCUT2D eigenvalue weighted by molar-refractivity contribution is 0.174. The molecule has 0 amide bonds. The molecular weight excluding hydrogens is 254 g/mol. The molecule has 1 rings (SSSR count). The van der Waals surface area contributed by atoms with Crippen LogP contribution in [-0.2, 0) is 10.0 Å². The molecule has 0 spiro atoms. The molecular formula is C8H12ClN3O3S. The van der Waals surface area contributed by atoms with E-state index in [1.54, 1.807) is 6.92 Å². The number of sulfonamides is 1. The Balaban J connectivity index is 2.74. The van der Waals surface area contributed by atoms with E-state index in [-0.39, 0.29) is 16.7 Å². The second kappa shape index (κ2) is 5.53. The van der Waals surface area contributed by atoms with Crippen molar-refractivity contribution in [1.29, 1.82) is 0 Å². The summed E-state index contributed by atoms with van der Waals surface area (Å²) in [6.07, 6.45) is 1.98. The predicted molar refractivity (Wildman–Crippen MR) is 58.5 cm³/mol. The van der Waals surface area contributed by atoms with Gasteiger partial charge in [0, 0.05) is 6.54 Å². The normalized spacial score (nSPS) is 13.7. The van der Waals surface area contributed by atoms with Gasteiger partial charge in [0.1, 0.15) is 4.90 Å². The van der Waals surface area contributed by atoms with Gasteiger partial charge < -0.3 is 5.11 Å². The first-order chi connectivity index (χ1) is 7.45. The molecule has 1 heterocycles. The van der Waals surface area contributed by atoms with Crippen molar-refractivity contribution >= 4 is 21.6 Å². The number of nitrogens with zero attached hydrogens (tertiary/aromatic N) is 2. The van der Waals surface area contributed by atoms with Gasteiger partial charge >= 0.3 is 0 Å². The molecule has 2 N–H and O–H groups in total. The van der Waals surface area contributed by atoms with Crippen LogP contribution in [0, 0.1) is 0 Å². The molecule has 1 unspecified atom stereocenters. The van der Waals surface area contributed by atoms with Crippen LogP contribution in [0.15, 0.2) is 17.3 Å². The van der Waals surface area contributed by atoms with Gasteiger partial charge in [-0.15, -0.1) is 0 Å². The minimum Gasteiger partial charge on any atom is -0.392 e. The molecule has 0 fully saturated rings. The summed E-state index contributed by atoms with van der Waals surface area (Å²) in [6.45, 7) is 1.71. The monoisotopic (exact) mass is 265 g/mol. The summed E-state index contributed by atoms with van der Waals surface area (Å²) in [5.74, 6) is 0.